The average molecular weight is 182 g/mol. The highest BCUT2D eigenvalue weighted by Crippen LogP contribution is 2.43. The summed E-state index contributed by atoms with van der Waals surface area (Å²) in [5.74, 6) is 4.84. The van der Waals surface area contributed by atoms with Crippen LogP contribution in [0.3, 0.4) is 0 Å². The van der Waals surface area contributed by atoms with E-state index in [4.69, 9.17) is 0 Å². The molecule has 0 heterocycles. The lowest BCUT2D eigenvalue weighted by atomic mass is 9.64. The summed E-state index contributed by atoms with van der Waals surface area (Å²) in [5, 5.41) is 0. The van der Waals surface area contributed by atoms with E-state index >= 15 is 0 Å². The van der Waals surface area contributed by atoms with Crippen molar-refractivity contribution in [2.24, 2.45) is 29.6 Å². The van der Waals surface area contributed by atoms with Gasteiger partial charge in [-0.1, -0.05) is 41.0 Å². The van der Waals surface area contributed by atoms with Gasteiger partial charge in [0.05, 0.1) is 0 Å². The Balaban J connectivity index is 2.13. The summed E-state index contributed by atoms with van der Waals surface area (Å²) >= 11 is 0. The molecule has 0 bridgehead atoms. The van der Waals surface area contributed by atoms with Gasteiger partial charge in [0.15, 0.2) is 0 Å². The highest BCUT2D eigenvalue weighted by molar-refractivity contribution is 4.83. The van der Waals surface area contributed by atoms with Crippen LogP contribution >= 0.6 is 0 Å². The summed E-state index contributed by atoms with van der Waals surface area (Å²) in [6.07, 6.45) is 4.41. The lowest BCUT2D eigenvalue weighted by molar-refractivity contribution is 0.0867. The lowest BCUT2D eigenvalue weighted by Gasteiger charge is -2.41. The monoisotopic (exact) mass is 182 g/mol. The molecule has 4 unspecified atom stereocenters. The molecular formula is C13H26. The zero-order chi connectivity index (χ0) is 10.0. The molecule has 0 aromatic rings. The molecule has 0 heteroatoms. The molecule has 0 aromatic carbocycles. The lowest BCUT2D eigenvalue weighted by Crippen LogP contribution is -2.32. The molecule has 78 valence electrons. The van der Waals surface area contributed by atoms with E-state index in [-0.39, 0.29) is 0 Å². The van der Waals surface area contributed by atoms with Crippen molar-refractivity contribution in [2.75, 3.05) is 0 Å². The second kappa shape index (κ2) is 4.48. The smallest absolute Gasteiger partial charge is 0.0383 e. The second-order valence-electron chi connectivity index (χ2n) is 5.63. The highest BCUT2D eigenvalue weighted by Gasteiger charge is 2.33. The van der Waals surface area contributed by atoms with Gasteiger partial charge >= 0.3 is 0 Å². The van der Waals surface area contributed by atoms with Crippen LogP contribution in [0.5, 0.6) is 0 Å². The van der Waals surface area contributed by atoms with E-state index in [0.717, 1.165) is 29.6 Å². The van der Waals surface area contributed by atoms with Crippen LogP contribution in [0.4, 0.5) is 0 Å². The molecule has 0 aromatic heterocycles. The minimum Gasteiger partial charge on any atom is -0.0625 e. The molecule has 4 atom stereocenters. The van der Waals surface area contributed by atoms with Crippen LogP contribution in [0.25, 0.3) is 0 Å². The Morgan fingerprint density at radius 2 is 1.77 bits per heavy atom. The summed E-state index contributed by atoms with van der Waals surface area (Å²) in [7, 11) is 0. The van der Waals surface area contributed by atoms with Gasteiger partial charge in [-0.15, -0.1) is 0 Å². The molecule has 1 aliphatic carbocycles. The molecule has 1 saturated carbocycles. The van der Waals surface area contributed by atoms with Crippen LogP contribution in [-0.2, 0) is 0 Å². The minimum atomic E-state index is 0.868. The summed E-state index contributed by atoms with van der Waals surface area (Å²) in [6, 6.07) is 0. The van der Waals surface area contributed by atoms with Crippen LogP contribution in [0, 0.1) is 29.6 Å². The fourth-order valence-electron chi connectivity index (χ4n) is 2.37. The van der Waals surface area contributed by atoms with E-state index in [2.05, 4.69) is 34.6 Å². The van der Waals surface area contributed by atoms with E-state index in [1.807, 2.05) is 0 Å². The maximum Gasteiger partial charge on any atom is -0.0383 e. The Kier molecular flexibility index (Phi) is 3.82. The SMILES string of the molecule is CC(C)C(C)CCC1CC(C)C1C. The van der Waals surface area contributed by atoms with Gasteiger partial charge in [-0.2, -0.15) is 0 Å². The molecule has 0 nitrogen and oxygen atoms in total. The van der Waals surface area contributed by atoms with Gasteiger partial charge in [0.25, 0.3) is 0 Å². The largest absolute Gasteiger partial charge is 0.0625 e. The number of rotatable bonds is 4. The van der Waals surface area contributed by atoms with Crippen molar-refractivity contribution in [3.8, 4) is 0 Å². The number of hydrogen-bond donors (Lipinski definition) is 0. The number of hydrogen-bond acceptors (Lipinski definition) is 0. The van der Waals surface area contributed by atoms with E-state index in [1.54, 1.807) is 0 Å². The summed E-state index contributed by atoms with van der Waals surface area (Å²) < 4.78 is 0. The van der Waals surface area contributed by atoms with Gasteiger partial charge in [0, 0.05) is 0 Å². The maximum atomic E-state index is 2.43. The van der Waals surface area contributed by atoms with E-state index in [9.17, 15) is 0 Å². The Labute approximate surface area is 84.1 Å². The summed E-state index contributed by atoms with van der Waals surface area (Å²) in [6.45, 7) is 11.9. The van der Waals surface area contributed by atoms with Gasteiger partial charge in [-0.25, -0.2) is 0 Å². The van der Waals surface area contributed by atoms with Crippen molar-refractivity contribution in [2.45, 2.75) is 53.9 Å². The Morgan fingerprint density at radius 3 is 2.15 bits per heavy atom. The van der Waals surface area contributed by atoms with Crippen LogP contribution in [-0.4, -0.2) is 0 Å². The first-order chi connectivity index (χ1) is 6.02. The van der Waals surface area contributed by atoms with Crippen molar-refractivity contribution in [3.63, 3.8) is 0 Å². The molecule has 0 N–H and O–H groups in total. The molecule has 1 rings (SSSR count). The molecule has 1 fully saturated rings. The molecule has 0 saturated heterocycles. The third-order valence-electron chi connectivity index (χ3n) is 4.45. The van der Waals surface area contributed by atoms with Gasteiger partial charge in [0.1, 0.15) is 0 Å². The van der Waals surface area contributed by atoms with E-state index in [0.29, 0.717) is 0 Å². The van der Waals surface area contributed by atoms with Crippen molar-refractivity contribution in [1.29, 1.82) is 0 Å². The zero-order valence-electron chi connectivity index (χ0n) is 10.0. The third-order valence-corrected chi connectivity index (χ3v) is 4.45. The quantitative estimate of drug-likeness (QED) is 0.606. The predicted octanol–water partition coefficient (Wildman–Crippen LogP) is 4.35. The minimum absolute atomic E-state index is 0.868. The molecule has 0 radical (unpaired) electrons. The fraction of sp³-hybridized carbons (Fsp3) is 1.00. The Morgan fingerprint density at radius 1 is 1.15 bits per heavy atom. The van der Waals surface area contributed by atoms with E-state index in [1.165, 1.54) is 19.3 Å². The predicted molar refractivity (Wildman–Crippen MR) is 59.7 cm³/mol. The van der Waals surface area contributed by atoms with Gasteiger partial charge in [-0.3, -0.25) is 0 Å². The average Bonchev–Trinajstić information content (AvgIpc) is 2.10. The normalized spacial score (nSPS) is 36.0. The first kappa shape index (κ1) is 11.1. The summed E-state index contributed by atoms with van der Waals surface area (Å²) in [4.78, 5) is 0. The molecule has 0 spiro atoms. The van der Waals surface area contributed by atoms with Crippen LogP contribution < -0.4 is 0 Å². The van der Waals surface area contributed by atoms with Crippen LogP contribution in [0.1, 0.15) is 53.9 Å². The standard InChI is InChI=1S/C13H26/c1-9(2)10(3)6-7-13-8-11(4)12(13)5/h9-13H,6-8H2,1-5H3. The zero-order valence-corrected chi connectivity index (χ0v) is 10.0. The first-order valence-corrected chi connectivity index (χ1v) is 6.02. The molecule has 13 heavy (non-hydrogen) atoms. The summed E-state index contributed by atoms with van der Waals surface area (Å²) in [5.41, 5.74) is 0. The van der Waals surface area contributed by atoms with Crippen molar-refractivity contribution in [1.82, 2.24) is 0 Å². The van der Waals surface area contributed by atoms with E-state index < -0.39 is 0 Å². The van der Waals surface area contributed by atoms with Crippen molar-refractivity contribution < 1.29 is 0 Å². The Hall–Kier alpha value is 0. The maximum absolute atomic E-state index is 2.43. The third kappa shape index (κ3) is 2.72. The Bertz CT molecular complexity index is 148. The molecule has 0 aliphatic heterocycles. The second-order valence-corrected chi connectivity index (χ2v) is 5.63. The van der Waals surface area contributed by atoms with Gasteiger partial charge in [-0.05, 0) is 42.4 Å². The van der Waals surface area contributed by atoms with Crippen LogP contribution in [0.2, 0.25) is 0 Å². The van der Waals surface area contributed by atoms with Gasteiger partial charge < -0.3 is 0 Å². The van der Waals surface area contributed by atoms with Crippen molar-refractivity contribution in [3.05, 3.63) is 0 Å². The first-order valence-electron chi connectivity index (χ1n) is 6.02. The van der Waals surface area contributed by atoms with Crippen LogP contribution in [0.15, 0.2) is 0 Å². The highest BCUT2D eigenvalue weighted by atomic mass is 14.4. The fourth-order valence-corrected chi connectivity index (χ4v) is 2.37. The van der Waals surface area contributed by atoms with Crippen molar-refractivity contribution >= 4 is 0 Å². The molecule has 0 amide bonds. The molecule has 1 aliphatic rings. The molecular weight excluding hydrogens is 156 g/mol. The topological polar surface area (TPSA) is 0 Å². The van der Waals surface area contributed by atoms with Gasteiger partial charge in [0.2, 0.25) is 0 Å².